The monoisotopic (exact) mass is 259 g/mol. The molecule has 1 aromatic heterocycles. The molecule has 1 amide bonds. The lowest BCUT2D eigenvalue weighted by atomic mass is 10.1. The number of carbonyl (C=O) groups excluding carboxylic acids is 1. The first-order chi connectivity index (χ1) is 9.00. The molecule has 98 valence electrons. The molecular formula is C14H14FN3O. The summed E-state index contributed by atoms with van der Waals surface area (Å²) in [6.45, 7) is 1.57. The van der Waals surface area contributed by atoms with E-state index in [1.165, 1.54) is 17.0 Å². The van der Waals surface area contributed by atoms with Gasteiger partial charge in [-0.1, -0.05) is 6.07 Å². The molecule has 0 saturated heterocycles. The molecule has 0 spiro atoms. The second kappa shape index (κ2) is 5.06. The molecule has 0 aliphatic heterocycles. The largest absolute Gasteiger partial charge is 0.398 e. The Bertz CT molecular complexity index is 590. The minimum absolute atomic E-state index is 0.203. The van der Waals surface area contributed by atoms with Gasteiger partial charge in [-0.15, -0.1) is 0 Å². The van der Waals surface area contributed by atoms with Crippen molar-refractivity contribution in [2.24, 2.45) is 0 Å². The van der Waals surface area contributed by atoms with Crippen molar-refractivity contribution < 1.29 is 9.18 Å². The van der Waals surface area contributed by atoms with Gasteiger partial charge in [-0.25, -0.2) is 9.37 Å². The Labute approximate surface area is 110 Å². The van der Waals surface area contributed by atoms with E-state index in [1.807, 2.05) is 0 Å². The molecule has 0 unspecified atom stereocenters. The molecule has 0 atom stereocenters. The van der Waals surface area contributed by atoms with Gasteiger partial charge in [0.05, 0.1) is 0 Å². The average molecular weight is 259 g/mol. The zero-order chi connectivity index (χ0) is 14.0. The van der Waals surface area contributed by atoms with Crippen LogP contribution in [-0.4, -0.2) is 17.9 Å². The normalized spacial score (nSPS) is 10.3. The molecule has 4 nitrogen and oxygen atoms in total. The molecule has 0 saturated carbocycles. The molecule has 0 bridgehead atoms. The van der Waals surface area contributed by atoms with Crippen molar-refractivity contribution in [2.75, 3.05) is 17.7 Å². The quantitative estimate of drug-likeness (QED) is 0.842. The summed E-state index contributed by atoms with van der Waals surface area (Å²) in [4.78, 5) is 17.6. The third-order valence-electron chi connectivity index (χ3n) is 2.93. The van der Waals surface area contributed by atoms with Crippen molar-refractivity contribution in [1.29, 1.82) is 0 Å². The minimum Gasteiger partial charge on any atom is -0.398 e. The summed E-state index contributed by atoms with van der Waals surface area (Å²) >= 11 is 0. The number of aromatic nitrogens is 1. The van der Waals surface area contributed by atoms with Gasteiger partial charge in [0, 0.05) is 30.1 Å². The van der Waals surface area contributed by atoms with Crippen LogP contribution < -0.4 is 10.6 Å². The fraction of sp³-hybridized carbons (Fsp3) is 0.143. The van der Waals surface area contributed by atoms with Crippen LogP contribution in [-0.2, 0) is 0 Å². The number of rotatable bonds is 2. The van der Waals surface area contributed by atoms with E-state index in [0.717, 1.165) is 0 Å². The van der Waals surface area contributed by atoms with Crippen molar-refractivity contribution in [3.8, 4) is 0 Å². The highest BCUT2D eigenvalue weighted by Gasteiger charge is 2.16. The molecule has 2 rings (SSSR count). The highest BCUT2D eigenvalue weighted by atomic mass is 19.1. The van der Waals surface area contributed by atoms with Gasteiger partial charge in [-0.3, -0.25) is 9.69 Å². The van der Waals surface area contributed by atoms with Crippen LogP contribution in [0.5, 0.6) is 0 Å². The van der Waals surface area contributed by atoms with Gasteiger partial charge in [0.1, 0.15) is 11.6 Å². The third kappa shape index (κ3) is 2.54. The standard InChI is InChI=1S/C14H14FN3O/c1-9-11(15)7-10(8-12(9)16)14(19)18(2)13-5-3-4-6-17-13/h3-8H,16H2,1-2H3. The maximum absolute atomic E-state index is 13.6. The third-order valence-corrected chi connectivity index (χ3v) is 2.93. The summed E-state index contributed by atoms with van der Waals surface area (Å²) in [5, 5.41) is 0. The summed E-state index contributed by atoms with van der Waals surface area (Å²) in [7, 11) is 1.58. The van der Waals surface area contributed by atoms with E-state index in [2.05, 4.69) is 4.98 Å². The van der Waals surface area contributed by atoms with E-state index in [9.17, 15) is 9.18 Å². The van der Waals surface area contributed by atoms with Crippen molar-refractivity contribution in [1.82, 2.24) is 4.98 Å². The van der Waals surface area contributed by atoms with Crippen molar-refractivity contribution in [3.05, 3.63) is 53.5 Å². The van der Waals surface area contributed by atoms with Gasteiger partial charge >= 0.3 is 0 Å². The number of hydrogen-bond donors (Lipinski definition) is 1. The number of anilines is 2. The Kier molecular flexibility index (Phi) is 3.46. The topological polar surface area (TPSA) is 59.2 Å². The second-order valence-corrected chi connectivity index (χ2v) is 4.22. The van der Waals surface area contributed by atoms with Crippen LogP contribution in [0.25, 0.3) is 0 Å². The van der Waals surface area contributed by atoms with Crippen LogP contribution in [0.1, 0.15) is 15.9 Å². The highest BCUT2D eigenvalue weighted by molar-refractivity contribution is 6.05. The van der Waals surface area contributed by atoms with Crippen LogP contribution >= 0.6 is 0 Å². The van der Waals surface area contributed by atoms with Crippen molar-refractivity contribution >= 4 is 17.4 Å². The Morgan fingerprint density at radius 2 is 2.11 bits per heavy atom. The van der Waals surface area contributed by atoms with Gasteiger partial charge in [0.25, 0.3) is 5.91 Å². The number of carbonyl (C=O) groups is 1. The van der Waals surface area contributed by atoms with Gasteiger partial charge in [0.2, 0.25) is 0 Å². The Balaban J connectivity index is 2.35. The lowest BCUT2D eigenvalue weighted by molar-refractivity contribution is 0.0992. The first kappa shape index (κ1) is 13.0. The summed E-state index contributed by atoms with van der Waals surface area (Å²) < 4.78 is 13.6. The van der Waals surface area contributed by atoms with Gasteiger partial charge in [0.15, 0.2) is 0 Å². The predicted molar refractivity (Wildman–Crippen MR) is 72.5 cm³/mol. The molecule has 1 aromatic carbocycles. The van der Waals surface area contributed by atoms with Crippen LogP contribution in [0.3, 0.4) is 0 Å². The Morgan fingerprint density at radius 1 is 1.37 bits per heavy atom. The number of amides is 1. The molecule has 2 aromatic rings. The van der Waals surface area contributed by atoms with Gasteiger partial charge in [-0.2, -0.15) is 0 Å². The maximum atomic E-state index is 13.6. The summed E-state index contributed by atoms with van der Waals surface area (Å²) in [6.07, 6.45) is 1.59. The summed E-state index contributed by atoms with van der Waals surface area (Å²) in [5.74, 6) is -0.353. The summed E-state index contributed by atoms with van der Waals surface area (Å²) in [6, 6.07) is 7.89. The number of hydrogen-bond acceptors (Lipinski definition) is 3. The number of nitrogen functional groups attached to an aromatic ring is 1. The summed E-state index contributed by atoms with van der Waals surface area (Å²) in [5.41, 5.74) is 6.48. The maximum Gasteiger partial charge on any atom is 0.259 e. The first-order valence-corrected chi connectivity index (χ1v) is 5.75. The van der Waals surface area contributed by atoms with Gasteiger partial charge in [-0.05, 0) is 31.2 Å². The number of halogens is 1. The Hall–Kier alpha value is -2.43. The van der Waals surface area contributed by atoms with E-state index in [-0.39, 0.29) is 17.2 Å². The van der Waals surface area contributed by atoms with Crippen LogP contribution in [0, 0.1) is 12.7 Å². The Morgan fingerprint density at radius 3 is 2.68 bits per heavy atom. The number of pyridine rings is 1. The molecular weight excluding hydrogens is 245 g/mol. The van der Waals surface area contributed by atoms with Crippen LogP contribution in [0.2, 0.25) is 0 Å². The minimum atomic E-state index is -0.488. The zero-order valence-corrected chi connectivity index (χ0v) is 10.7. The second-order valence-electron chi connectivity index (χ2n) is 4.22. The van der Waals surface area contributed by atoms with E-state index in [4.69, 9.17) is 5.73 Å². The fourth-order valence-electron chi connectivity index (χ4n) is 1.67. The average Bonchev–Trinajstić information content (AvgIpc) is 2.43. The van der Waals surface area contributed by atoms with Gasteiger partial charge < -0.3 is 5.73 Å². The highest BCUT2D eigenvalue weighted by Crippen LogP contribution is 2.20. The first-order valence-electron chi connectivity index (χ1n) is 5.75. The zero-order valence-electron chi connectivity index (χ0n) is 10.7. The number of benzene rings is 1. The fourth-order valence-corrected chi connectivity index (χ4v) is 1.67. The molecule has 2 N–H and O–H groups in total. The van der Waals surface area contributed by atoms with Crippen LogP contribution in [0.4, 0.5) is 15.9 Å². The molecule has 5 heteroatoms. The van der Waals surface area contributed by atoms with E-state index in [1.54, 1.807) is 38.4 Å². The van der Waals surface area contributed by atoms with Crippen molar-refractivity contribution in [2.45, 2.75) is 6.92 Å². The lowest BCUT2D eigenvalue weighted by Crippen LogP contribution is -2.27. The number of nitrogens with two attached hydrogens (primary N) is 1. The SMILES string of the molecule is Cc1c(N)cc(C(=O)N(C)c2ccccn2)cc1F. The molecule has 0 aliphatic carbocycles. The van der Waals surface area contributed by atoms with E-state index < -0.39 is 5.82 Å². The molecule has 0 radical (unpaired) electrons. The lowest BCUT2D eigenvalue weighted by Gasteiger charge is -2.16. The smallest absolute Gasteiger partial charge is 0.259 e. The van der Waals surface area contributed by atoms with Crippen LogP contribution in [0.15, 0.2) is 36.5 Å². The molecule has 1 heterocycles. The van der Waals surface area contributed by atoms with Crippen molar-refractivity contribution in [3.63, 3.8) is 0 Å². The molecule has 0 aliphatic rings. The predicted octanol–water partition coefficient (Wildman–Crippen LogP) is 2.39. The van der Waals surface area contributed by atoms with E-state index >= 15 is 0 Å². The van der Waals surface area contributed by atoms with E-state index in [0.29, 0.717) is 11.4 Å². The molecule has 19 heavy (non-hydrogen) atoms. The number of nitrogens with zero attached hydrogens (tertiary/aromatic N) is 2. The molecule has 0 fully saturated rings.